The molecule has 0 aliphatic heterocycles. The molecular formula is C14H23N3O2. The standard InChI is InChI=1S/C14H23N3O2/c1-4-5-6-7-11(2)16-13-8-12(15-3)9-14(10-13)17(18)19/h8-11,15-16H,4-7H2,1-3H3. The Labute approximate surface area is 114 Å². The van der Waals surface area contributed by atoms with E-state index in [0.717, 1.165) is 17.8 Å². The Balaban J connectivity index is 2.71. The second-order valence-corrected chi connectivity index (χ2v) is 4.82. The first-order chi connectivity index (χ1) is 9.06. The van der Waals surface area contributed by atoms with Crippen LogP contribution in [0.15, 0.2) is 18.2 Å². The molecule has 0 saturated heterocycles. The summed E-state index contributed by atoms with van der Waals surface area (Å²) in [5.41, 5.74) is 1.65. The molecule has 0 aliphatic rings. The van der Waals surface area contributed by atoms with E-state index in [9.17, 15) is 10.1 Å². The van der Waals surface area contributed by atoms with Crippen LogP contribution in [0.3, 0.4) is 0 Å². The van der Waals surface area contributed by atoms with E-state index in [-0.39, 0.29) is 10.6 Å². The van der Waals surface area contributed by atoms with Crippen LogP contribution in [-0.4, -0.2) is 18.0 Å². The summed E-state index contributed by atoms with van der Waals surface area (Å²) >= 11 is 0. The molecule has 5 nitrogen and oxygen atoms in total. The molecule has 0 saturated carbocycles. The van der Waals surface area contributed by atoms with Crippen molar-refractivity contribution >= 4 is 17.1 Å². The zero-order chi connectivity index (χ0) is 14.3. The van der Waals surface area contributed by atoms with Crippen LogP contribution in [0.5, 0.6) is 0 Å². The van der Waals surface area contributed by atoms with Gasteiger partial charge in [0.1, 0.15) is 0 Å². The maximum absolute atomic E-state index is 10.9. The summed E-state index contributed by atoms with van der Waals surface area (Å²) in [4.78, 5) is 10.5. The van der Waals surface area contributed by atoms with Gasteiger partial charge in [-0.25, -0.2) is 0 Å². The highest BCUT2D eigenvalue weighted by Gasteiger charge is 2.10. The SMILES string of the molecule is CCCCCC(C)Nc1cc(NC)cc([N+](=O)[O-])c1. The molecule has 0 fully saturated rings. The monoisotopic (exact) mass is 265 g/mol. The molecular weight excluding hydrogens is 242 g/mol. The van der Waals surface area contributed by atoms with E-state index < -0.39 is 0 Å². The Bertz CT molecular complexity index is 421. The normalized spacial score (nSPS) is 11.9. The fraction of sp³-hybridized carbons (Fsp3) is 0.571. The molecule has 0 aliphatic carbocycles. The van der Waals surface area contributed by atoms with Gasteiger partial charge >= 0.3 is 0 Å². The molecule has 1 rings (SSSR count). The van der Waals surface area contributed by atoms with E-state index in [1.807, 2.05) is 6.07 Å². The number of rotatable bonds is 8. The molecule has 2 N–H and O–H groups in total. The van der Waals surface area contributed by atoms with Crippen LogP contribution in [0.25, 0.3) is 0 Å². The highest BCUT2D eigenvalue weighted by atomic mass is 16.6. The summed E-state index contributed by atoms with van der Waals surface area (Å²) in [6.07, 6.45) is 4.68. The molecule has 0 bridgehead atoms. The van der Waals surface area contributed by atoms with Crippen molar-refractivity contribution in [1.82, 2.24) is 0 Å². The number of anilines is 2. The van der Waals surface area contributed by atoms with Gasteiger partial charge in [-0.15, -0.1) is 0 Å². The van der Waals surface area contributed by atoms with Gasteiger partial charge in [0, 0.05) is 36.6 Å². The molecule has 0 spiro atoms. The number of nitro benzene ring substituents is 1. The van der Waals surface area contributed by atoms with Crippen LogP contribution in [-0.2, 0) is 0 Å². The Hall–Kier alpha value is -1.78. The molecule has 0 radical (unpaired) electrons. The van der Waals surface area contributed by atoms with Crippen LogP contribution in [0, 0.1) is 10.1 Å². The minimum Gasteiger partial charge on any atom is -0.388 e. The van der Waals surface area contributed by atoms with Crippen molar-refractivity contribution in [2.45, 2.75) is 45.6 Å². The number of hydrogen-bond donors (Lipinski definition) is 2. The van der Waals surface area contributed by atoms with Crippen LogP contribution >= 0.6 is 0 Å². The molecule has 0 amide bonds. The van der Waals surface area contributed by atoms with Crippen LogP contribution < -0.4 is 10.6 Å². The quantitative estimate of drug-likeness (QED) is 0.423. The molecule has 19 heavy (non-hydrogen) atoms. The minimum absolute atomic E-state index is 0.107. The van der Waals surface area contributed by atoms with Crippen molar-refractivity contribution in [3.8, 4) is 0 Å². The largest absolute Gasteiger partial charge is 0.388 e. The predicted molar refractivity (Wildman–Crippen MR) is 79.9 cm³/mol. The van der Waals surface area contributed by atoms with E-state index in [4.69, 9.17) is 0 Å². The zero-order valence-corrected chi connectivity index (χ0v) is 11.9. The lowest BCUT2D eigenvalue weighted by Crippen LogP contribution is -2.15. The van der Waals surface area contributed by atoms with Crippen LogP contribution in [0.1, 0.15) is 39.5 Å². The minimum atomic E-state index is -0.367. The molecule has 0 heterocycles. The van der Waals surface area contributed by atoms with Gasteiger partial charge in [0.2, 0.25) is 0 Å². The van der Waals surface area contributed by atoms with E-state index in [0.29, 0.717) is 6.04 Å². The first-order valence-corrected chi connectivity index (χ1v) is 6.80. The molecule has 0 aromatic heterocycles. The van der Waals surface area contributed by atoms with Crippen molar-refractivity contribution in [3.63, 3.8) is 0 Å². The van der Waals surface area contributed by atoms with Gasteiger partial charge in [0.15, 0.2) is 0 Å². The third-order valence-corrected chi connectivity index (χ3v) is 3.07. The highest BCUT2D eigenvalue weighted by Crippen LogP contribution is 2.25. The number of benzene rings is 1. The summed E-state index contributed by atoms with van der Waals surface area (Å²) in [6.45, 7) is 4.28. The first-order valence-electron chi connectivity index (χ1n) is 6.80. The number of non-ortho nitro benzene ring substituents is 1. The second kappa shape index (κ2) is 7.61. The van der Waals surface area contributed by atoms with Gasteiger partial charge in [0.25, 0.3) is 5.69 Å². The Morgan fingerprint density at radius 3 is 2.53 bits per heavy atom. The molecule has 1 atom stereocenters. The smallest absolute Gasteiger partial charge is 0.273 e. The fourth-order valence-electron chi connectivity index (χ4n) is 2.00. The Morgan fingerprint density at radius 2 is 1.95 bits per heavy atom. The molecule has 1 unspecified atom stereocenters. The van der Waals surface area contributed by atoms with Gasteiger partial charge in [-0.3, -0.25) is 10.1 Å². The van der Waals surface area contributed by atoms with E-state index in [2.05, 4.69) is 24.5 Å². The van der Waals surface area contributed by atoms with Crippen LogP contribution in [0.2, 0.25) is 0 Å². The topological polar surface area (TPSA) is 67.2 Å². The van der Waals surface area contributed by atoms with E-state index >= 15 is 0 Å². The molecule has 1 aromatic rings. The van der Waals surface area contributed by atoms with Crippen molar-refractivity contribution in [2.75, 3.05) is 17.7 Å². The van der Waals surface area contributed by atoms with Crippen LogP contribution in [0.4, 0.5) is 17.1 Å². The summed E-state index contributed by atoms with van der Waals surface area (Å²) in [6, 6.07) is 5.33. The lowest BCUT2D eigenvalue weighted by atomic mass is 10.1. The van der Waals surface area contributed by atoms with Crippen molar-refractivity contribution in [2.24, 2.45) is 0 Å². The number of nitrogens with zero attached hydrogens (tertiary/aromatic N) is 1. The highest BCUT2D eigenvalue weighted by molar-refractivity contribution is 5.63. The van der Waals surface area contributed by atoms with Gasteiger partial charge in [-0.1, -0.05) is 26.2 Å². The maximum Gasteiger partial charge on any atom is 0.273 e. The average molecular weight is 265 g/mol. The number of hydrogen-bond acceptors (Lipinski definition) is 4. The fourth-order valence-corrected chi connectivity index (χ4v) is 2.00. The number of nitro groups is 1. The lowest BCUT2D eigenvalue weighted by molar-refractivity contribution is -0.384. The predicted octanol–water partition coefficient (Wildman–Crippen LogP) is 4.02. The second-order valence-electron chi connectivity index (χ2n) is 4.82. The van der Waals surface area contributed by atoms with Gasteiger partial charge in [0.05, 0.1) is 4.92 Å². The Morgan fingerprint density at radius 1 is 1.26 bits per heavy atom. The Kier molecular flexibility index (Phi) is 6.12. The third-order valence-electron chi connectivity index (χ3n) is 3.07. The summed E-state index contributed by atoms with van der Waals surface area (Å²) in [5, 5.41) is 17.1. The third kappa shape index (κ3) is 5.16. The van der Waals surface area contributed by atoms with Gasteiger partial charge in [-0.05, 0) is 19.4 Å². The molecule has 5 heteroatoms. The number of unbranched alkanes of at least 4 members (excludes halogenated alkanes) is 2. The van der Waals surface area contributed by atoms with Gasteiger partial charge < -0.3 is 10.6 Å². The molecule has 1 aromatic carbocycles. The van der Waals surface area contributed by atoms with Crippen molar-refractivity contribution in [3.05, 3.63) is 28.3 Å². The summed E-state index contributed by atoms with van der Waals surface area (Å²) in [7, 11) is 1.76. The first kappa shape index (κ1) is 15.3. The van der Waals surface area contributed by atoms with Gasteiger partial charge in [-0.2, -0.15) is 0 Å². The molecule has 106 valence electrons. The summed E-state index contributed by atoms with van der Waals surface area (Å²) < 4.78 is 0. The maximum atomic E-state index is 10.9. The van der Waals surface area contributed by atoms with E-state index in [1.165, 1.54) is 25.3 Å². The average Bonchev–Trinajstić information content (AvgIpc) is 2.38. The van der Waals surface area contributed by atoms with Crippen molar-refractivity contribution < 1.29 is 4.92 Å². The van der Waals surface area contributed by atoms with Crippen molar-refractivity contribution in [1.29, 1.82) is 0 Å². The summed E-state index contributed by atoms with van der Waals surface area (Å²) in [5.74, 6) is 0. The zero-order valence-electron chi connectivity index (χ0n) is 11.9. The lowest BCUT2D eigenvalue weighted by Gasteiger charge is -2.15. The number of nitrogens with one attached hydrogen (secondary N) is 2. The van der Waals surface area contributed by atoms with E-state index in [1.54, 1.807) is 13.1 Å².